The molecule has 2 aromatic carbocycles. The Morgan fingerprint density at radius 1 is 1.12 bits per heavy atom. The summed E-state index contributed by atoms with van der Waals surface area (Å²) in [5.41, 5.74) is 1.46. The fourth-order valence-corrected chi connectivity index (χ4v) is 3.70. The van der Waals surface area contributed by atoms with Crippen LogP contribution in [0.3, 0.4) is 0 Å². The van der Waals surface area contributed by atoms with Crippen LogP contribution in [0.2, 0.25) is 0 Å². The van der Waals surface area contributed by atoms with Gasteiger partial charge in [0.15, 0.2) is 9.84 Å². The molecule has 1 atom stereocenters. The maximum atomic E-state index is 12.7. The third kappa shape index (κ3) is 4.49. The number of benzene rings is 2. The molecule has 0 saturated heterocycles. The van der Waals surface area contributed by atoms with Gasteiger partial charge in [0, 0.05) is 25.3 Å². The van der Waals surface area contributed by atoms with Gasteiger partial charge in [0.05, 0.1) is 4.90 Å². The number of hydrogen-bond donors (Lipinski definition) is 1. The number of hydrogen-bond acceptors (Lipinski definition) is 4. The third-order valence-corrected chi connectivity index (χ3v) is 5.42. The predicted octanol–water partition coefficient (Wildman–Crippen LogP) is 2.17. The number of carbonyl (C=O) groups excluding carboxylic acids is 1. The Morgan fingerprint density at radius 3 is 2.27 bits per heavy atom. The molecule has 6 nitrogen and oxygen atoms in total. The number of amides is 1. The summed E-state index contributed by atoms with van der Waals surface area (Å²) in [7, 11) is -2.08. The van der Waals surface area contributed by atoms with Crippen molar-refractivity contribution in [1.82, 2.24) is 4.90 Å². The first-order valence-corrected chi connectivity index (χ1v) is 9.85. The summed E-state index contributed by atoms with van der Waals surface area (Å²) in [5.74, 6) is -1.67. The van der Waals surface area contributed by atoms with Crippen LogP contribution >= 0.6 is 0 Å². The minimum atomic E-state index is -3.49. The van der Waals surface area contributed by atoms with Gasteiger partial charge < -0.3 is 10.0 Å². The van der Waals surface area contributed by atoms with Gasteiger partial charge in [-0.3, -0.25) is 4.79 Å². The number of nitrogens with zero attached hydrogens (tertiary/aromatic N) is 1. The fourth-order valence-electron chi connectivity index (χ4n) is 2.71. The second-order valence-electron chi connectivity index (χ2n) is 6.21. The highest BCUT2D eigenvalue weighted by atomic mass is 32.2. The van der Waals surface area contributed by atoms with E-state index in [0.717, 1.165) is 16.7 Å². The van der Waals surface area contributed by atoms with Gasteiger partial charge in [-0.25, -0.2) is 13.2 Å². The van der Waals surface area contributed by atoms with E-state index >= 15 is 0 Å². The lowest BCUT2D eigenvalue weighted by molar-refractivity contribution is -0.141. The van der Waals surface area contributed by atoms with Crippen molar-refractivity contribution in [1.29, 1.82) is 0 Å². The lowest BCUT2D eigenvalue weighted by atomic mass is 10.0. The molecule has 0 aliphatic rings. The van der Waals surface area contributed by atoms with Crippen LogP contribution in [0.15, 0.2) is 53.4 Å². The molecule has 1 amide bonds. The zero-order chi connectivity index (χ0) is 19.5. The molecule has 138 valence electrons. The Bertz CT molecular complexity index is 922. The number of rotatable bonds is 6. The number of aliphatic carboxylic acids is 1. The van der Waals surface area contributed by atoms with Crippen LogP contribution in [0.5, 0.6) is 0 Å². The highest BCUT2D eigenvalue weighted by molar-refractivity contribution is 7.90. The van der Waals surface area contributed by atoms with E-state index in [1.165, 1.54) is 19.2 Å². The van der Waals surface area contributed by atoms with Crippen LogP contribution < -0.4 is 0 Å². The monoisotopic (exact) mass is 375 g/mol. The molecule has 0 aliphatic heterocycles. The maximum absolute atomic E-state index is 12.7. The Balaban J connectivity index is 2.33. The number of aryl methyl sites for hydroxylation is 1. The smallest absolute Gasteiger partial charge is 0.326 e. The van der Waals surface area contributed by atoms with Crippen molar-refractivity contribution in [3.05, 3.63) is 65.2 Å². The van der Waals surface area contributed by atoms with E-state index in [9.17, 15) is 23.1 Å². The van der Waals surface area contributed by atoms with Crippen molar-refractivity contribution in [3.63, 3.8) is 0 Å². The average molecular weight is 375 g/mol. The van der Waals surface area contributed by atoms with Gasteiger partial charge in [-0.15, -0.1) is 0 Å². The van der Waals surface area contributed by atoms with E-state index in [1.807, 2.05) is 6.07 Å². The summed E-state index contributed by atoms with van der Waals surface area (Å²) in [4.78, 5) is 25.6. The zero-order valence-corrected chi connectivity index (χ0v) is 15.7. The SMILES string of the molecule is Cc1ccc(C(=O)N(C)C(Cc2ccccc2)C(=O)O)cc1S(C)(=O)=O. The molecule has 1 N–H and O–H groups in total. The van der Waals surface area contributed by atoms with Gasteiger partial charge in [0.2, 0.25) is 0 Å². The molecule has 2 aromatic rings. The molecule has 26 heavy (non-hydrogen) atoms. The molecule has 0 heterocycles. The van der Waals surface area contributed by atoms with Crippen LogP contribution in [0.25, 0.3) is 0 Å². The van der Waals surface area contributed by atoms with E-state index in [0.29, 0.717) is 5.56 Å². The summed E-state index contributed by atoms with van der Waals surface area (Å²) in [6.07, 6.45) is 1.23. The molecule has 0 aliphatic carbocycles. The number of likely N-dealkylation sites (N-methyl/N-ethyl adjacent to an activating group) is 1. The summed E-state index contributed by atoms with van der Waals surface area (Å²) < 4.78 is 23.7. The topological polar surface area (TPSA) is 91.8 Å². The minimum absolute atomic E-state index is 0.0617. The molecule has 0 spiro atoms. The normalized spacial score (nSPS) is 12.4. The molecule has 7 heteroatoms. The van der Waals surface area contributed by atoms with Gasteiger partial charge >= 0.3 is 5.97 Å². The van der Waals surface area contributed by atoms with Gasteiger partial charge in [0.25, 0.3) is 5.91 Å². The van der Waals surface area contributed by atoms with Crippen molar-refractivity contribution in [2.75, 3.05) is 13.3 Å². The Morgan fingerprint density at radius 2 is 1.73 bits per heavy atom. The lowest BCUT2D eigenvalue weighted by Crippen LogP contribution is -2.43. The second kappa shape index (κ2) is 7.70. The van der Waals surface area contributed by atoms with Gasteiger partial charge in [-0.05, 0) is 30.2 Å². The largest absolute Gasteiger partial charge is 0.480 e. The molecule has 0 fully saturated rings. The molecule has 2 rings (SSSR count). The van der Waals surface area contributed by atoms with E-state index in [-0.39, 0.29) is 16.9 Å². The highest BCUT2D eigenvalue weighted by Crippen LogP contribution is 2.19. The molecule has 0 bridgehead atoms. The molecular formula is C19H21NO5S. The minimum Gasteiger partial charge on any atom is -0.480 e. The van der Waals surface area contributed by atoms with E-state index in [4.69, 9.17) is 0 Å². The van der Waals surface area contributed by atoms with Crippen molar-refractivity contribution in [2.24, 2.45) is 0 Å². The average Bonchev–Trinajstić information content (AvgIpc) is 2.58. The van der Waals surface area contributed by atoms with Crippen LogP contribution in [-0.4, -0.2) is 49.6 Å². The predicted molar refractivity (Wildman–Crippen MR) is 98.0 cm³/mol. The molecule has 0 radical (unpaired) electrons. The maximum Gasteiger partial charge on any atom is 0.326 e. The van der Waals surface area contributed by atoms with Crippen molar-refractivity contribution in [2.45, 2.75) is 24.3 Å². The van der Waals surface area contributed by atoms with E-state index in [2.05, 4.69) is 0 Å². The van der Waals surface area contributed by atoms with Crippen molar-refractivity contribution < 1.29 is 23.1 Å². The van der Waals surface area contributed by atoms with Crippen LogP contribution in [-0.2, 0) is 21.1 Å². The molecule has 1 unspecified atom stereocenters. The lowest BCUT2D eigenvalue weighted by Gasteiger charge is -2.25. The van der Waals surface area contributed by atoms with Crippen LogP contribution in [0, 0.1) is 6.92 Å². The highest BCUT2D eigenvalue weighted by Gasteiger charge is 2.28. The first kappa shape index (κ1) is 19.7. The summed E-state index contributed by atoms with van der Waals surface area (Å²) in [6.45, 7) is 1.64. The van der Waals surface area contributed by atoms with Crippen molar-refractivity contribution >= 4 is 21.7 Å². The Kier molecular flexibility index (Phi) is 5.82. The van der Waals surface area contributed by atoms with Crippen molar-refractivity contribution in [3.8, 4) is 0 Å². The van der Waals surface area contributed by atoms with Crippen LogP contribution in [0.1, 0.15) is 21.5 Å². The third-order valence-electron chi connectivity index (χ3n) is 4.18. The van der Waals surface area contributed by atoms with Gasteiger partial charge in [-0.1, -0.05) is 36.4 Å². The number of sulfone groups is 1. The molecule has 0 aromatic heterocycles. The summed E-state index contributed by atoms with van der Waals surface area (Å²) >= 11 is 0. The second-order valence-corrected chi connectivity index (χ2v) is 8.20. The number of carboxylic acid groups (broad SMARTS) is 1. The van der Waals surface area contributed by atoms with Gasteiger partial charge in [-0.2, -0.15) is 0 Å². The zero-order valence-electron chi connectivity index (χ0n) is 14.8. The van der Waals surface area contributed by atoms with E-state index in [1.54, 1.807) is 37.3 Å². The first-order chi connectivity index (χ1) is 12.1. The van der Waals surface area contributed by atoms with Gasteiger partial charge in [0.1, 0.15) is 6.04 Å². The number of carbonyl (C=O) groups is 2. The Labute approximate surface area is 153 Å². The van der Waals surface area contributed by atoms with E-state index < -0.39 is 27.8 Å². The van der Waals surface area contributed by atoms with Crippen LogP contribution in [0.4, 0.5) is 0 Å². The fraction of sp³-hybridized carbons (Fsp3) is 0.263. The quantitative estimate of drug-likeness (QED) is 0.835. The number of carboxylic acids is 1. The Hall–Kier alpha value is -2.67. The molecular weight excluding hydrogens is 354 g/mol. The summed E-state index contributed by atoms with van der Waals surface area (Å²) in [6, 6.07) is 12.3. The summed E-state index contributed by atoms with van der Waals surface area (Å²) in [5, 5.41) is 9.54. The standard InChI is InChI=1S/C19H21NO5S/c1-13-9-10-15(12-17(13)26(3,24)25)18(21)20(2)16(19(22)23)11-14-7-5-4-6-8-14/h4-10,12,16H,11H2,1-3H3,(H,22,23). The molecule has 0 saturated carbocycles. The first-order valence-electron chi connectivity index (χ1n) is 7.96.